The molecule has 1 aliphatic rings. The number of allylic oxidation sites excluding steroid dienone is 1. The Balaban J connectivity index is 2.00. The molecule has 6 nitrogen and oxygen atoms in total. The van der Waals surface area contributed by atoms with Crippen molar-refractivity contribution >= 4 is 29.1 Å². The second-order valence-electron chi connectivity index (χ2n) is 6.68. The number of benzene rings is 2. The molecular formula is C23H25N3O3. The standard InChI is InChI=1S/C23H25N3O3/c1-4-17(16-11-7-6-8-12-16)22(27)26-21-20(23(28)29-5-2)15(3)24-18-13-9-10-14-19(18)25-21/h6-14,17,24H,4-5H2,1-3H3,(H,25,26,27)/t17-/m1/s1. The average molecular weight is 391 g/mol. The summed E-state index contributed by atoms with van der Waals surface area (Å²) in [6.07, 6.45) is 0.620. The maximum Gasteiger partial charge on any atom is 0.343 e. The third-order valence-corrected chi connectivity index (χ3v) is 4.72. The summed E-state index contributed by atoms with van der Waals surface area (Å²) in [5.74, 6) is -0.907. The van der Waals surface area contributed by atoms with Gasteiger partial charge in [0.2, 0.25) is 5.91 Å². The lowest BCUT2D eigenvalue weighted by molar-refractivity contribution is -0.137. The molecule has 29 heavy (non-hydrogen) atoms. The Kier molecular flexibility index (Phi) is 6.44. The van der Waals surface area contributed by atoms with Crippen molar-refractivity contribution in [2.24, 2.45) is 4.99 Å². The molecule has 0 bridgehead atoms. The minimum atomic E-state index is -0.530. The zero-order valence-corrected chi connectivity index (χ0v) is 16.9. The van der Waals surface area contributed by atoms with Crippen LogP contribution in [-0.4, -0.2) is 24.3 Å². The van der Waals surface area contributed by atoms with Crippen molar-refractivity contribution in [3.8, 4) is 0 Å². The number of ether oxygens (including phenoxy) is 1. The van der Waals surface area contributed by atoms with E-state index in [1.807, 2.05) is 61.5 Å². The number of amides is 1. The van der Waals surface area contributed by atoms with Gasteiger partial charge >= 0.3 is 5.97 Å². The largest absolute Gasteiger partial charge is 0.462 e. The zero-order valence-electron chi connectivity index (χ0n) is 16.9. The highest BCUT2D eigenvalue weighted by molar-refractivity contribution is 6.24. The Morgan fingerprint density at radius 3 is 2.45 bits per heavy atom. The molecule has 1 heterocycles. The fourth-order valence-corrected chi connectivity index (χ4v) is 3.30. The quantitative estimate of drug-likeness (QED) is 0.745. The SMILES string of the molecule is CCOC(=O)C1=C(C)Nc2ccccc2N=C1NC(=O)[C@H](CC)c1ccccc1. The van der Waals surface area contributed by atoms with E-state index in [-0.39, 0.29) is 29.8 Å². The van der Waals surface area contributed by atoms with Crippen LogP contribution in [0.3, 0.4) is 0 Å². The van der Waals surface area contributed by atoms with Gasteiger partial charge in [-0.25, -0.2) is 9.79 Å². The number of carbonyl (C=O) groups is 2. The molecule has 1 aliphatic heterocycles. The molecule has 0 spiro atoms. The number of anilines is 1. The fourth-order valence-electron chi connectivity index (χ4n) is 3.30. The number of fused-ring (bicyclic) bond motifs is 1. The van der Waals surface area contributed by atoms with E-state index in [2.05, 4.69) is 15.6 Å². The van der Waals surface area contributed by atoms with Crippen LogP contribution in [0.2, 0.25) is 0 Å². The van der Waals surface area contributed by atoms with Crippen molar-refractivity contribution in [1.82, 2.24) is 5.32 Å². The highest BCUT2D eigenvalue weighted by Crippen LogP contribution is 2.30. The summed E-state index contributed by atoms with van der Waals surface area (Å²) in [5, 5.41) is 6.08. The Labute approximate surface area is 170 Å². The van der Waals surface area contributed by atoms with Gasteiger partial charge in [0.25, 0.3) is 0 Å². The monoisotopic (exact) mass is 391 g/mol. The van der Waals surface area contributed by atoms with Gasteiger partial charge in [-0.05, 0) is 38.0 Å². The third-order valence-electron chi connectivity index (χ3n) is 4.72. The van der Waals surface area contributed by atoms with E-state index in [9.17, 15) is 9.59 Å². The Hall–Kier alpha value is -3.41. The van der Waals surface area contributed by atoms with E-state index in [1.165, 1.54) is 0 Å². The van der Waals surface area contributed by atoms with Crippen LogP contribution >= 0.6 is 0 Å². The van der Waals surface area contributed by atoms with Crippen LogP contribution in [0.5, 0.6) is 0 Å². The number of amidine groups is 1. The summed E-state index contributed by atoms with van der Waals surface area (Å²) < 4.78 is 5.22. The van der Waals surface area contributed by atoms with Crippen molar-refractivity contribution in [2.75, 3.05) is 11.9 Å². The second kappa shape index (κ2) is 9.19. The van der Waals surface area contributed by atoms with Crippen LogP contribution in [0.4, 0.5) is 11.4 Å². The molecule has 0 fully saturated rings. The van der Waals surface area contributed by atoms with Crippen molar-refractivity contribution in [3.05, 3.63) is 71.4 Å². The van der Waals surface area contributed by atoms with E-state index in [0.29, 0.717) is 17.8 Å². The molecular weight excluding hydrogens is 366 g/mol. The Morgan fingerprint density at radius 1 is 1.07 bits per heavy atom. The lowest BCUT2D eigenvalue weighted by Crippen LogP contribution is -2.38. The molecule has 0 aromatic heterocycles. The number of para-hydroxylation sites is 2. The number of esters is 1. The van der Waals surface area contributed by atoms with Crippen LogP contribution in [0.25, 0.3) is 0 Å². The van der Waals surface area contributed by atoms with Gasteiger partial charge in [0.05, 0.1) is 23.9 Å². The molecule has 2 aromatic rings. The van der Waals surface area contributed by atoms with Gasteiger partial charge in [0.15, 0.2) is 0 Å². The Morgan fingerprint density at radius 2 is 1.76 bits per heavy atom. The van der Waals surface area contributed by atoms with Crippen molar-refractivity contribution in [2.45, 2.75) is 33.1 Å². The average Bonchev–Trinajstić information content (AvgIpc) is 2.84. The van der Waals surface area contributed by atoms with Crippen LogP contribution in [0, 0.1) is 0 Å². The Bertz CT molecular complexity index is 964. The van der Waals surface area contributed by atoms with Gasteiger partial charge in [-0.15, -0.1) is 0 Å². The molecule has 3 rings (SSSR count). The first kappa shape index (κ1) is 20.3. The van der Waals surface area contributed by atoms with Crippen molar-refractivity contribution in [1.29, 1.82) is 0 Å². The van der Waals surface area contributed by atoms with Gasteiger partial charge in [-0.1, -0.05) is 49.4 Å². The predicted molar refractivity (Wildman–Crippen MR) is 114 cm³/mol. The molecule has 0 unspecified atom stereocenters. The zero-order chi connectivity index (χ0) is 20.8. The summed E-state index contributed by atoms with van der Waals surface area (Å²) in [6.45, 7) is 5.69. The van der Waals surface area contributed by atoms with Crippen molar-refractivity contribution < 1.29 is 14.3 Å². The number of rotatable bonds is 5. The fraction of sp³-hybridized carbons (Fsp3) is 0.261. The highest BCUT2D eigenvalue weighted by Gasteiger charge is 2.28. The minimum Gasteiger partial charge on any atom is -0.462 e. The highest BCUT2D eigenvalue weighted by atomic mass is 16.5. The number of aliphatic imine (C=N–C) groups is 1. The van der Waals surface area contributed by atoms with Crippen LogP contribution in [-0.2, 0) is 14.3 Å². The molecule has 1 atom stereocenters. The summed E-state index contributed by atoms with van der Waals surface area (Å²) >= 11 is 0. The molecule has 150 valence electrons. The molecule has 0 radical (unpaired) electrons. The summed E-state index contributed by atoms with van der Waals surface area (Å²) in [6, 6.07) is 17.0. The van der Waals surface area contributed by atoms with E-state index < -0.39 is 5.97 Å². The first-order valence-electron chi connectivity index (χ1n) is 9.74. The number of nitrogens with zero attached hydrogens (tertiary/aromatic N) is 1. The van der Waals surface area contributed by atoms with Gasteiger partial charge in [0, 0.05) is 5.70 Å². The van der Waals surface area contributed by atoms with Gasteiger partial charge in [-0.2, -0.15) is 0 Å². The van der Waals surface area contributed by atoms with E-state index in [1.54, 1.807) is 13.8 Å². The normalized spacial score (nSPS) is 14.1. The molecule has 0 aliphatic carbocycles. The number of hydrogen-bond donors (Lipinski definition) is 2. The maximum absolute atomic E-state index is 13.1. The topological polar surface area (TPSA) is 79.8 Å². The van der Waals surface area contributed by atoms with E-state index in [0.717, 1.165) is 11.3 Å². The van der Waals surface area contributed by atoms with Crippen molar-refractivity contribution in [3.63, 3.8) is 0 Å². The van der Waals surface area contributed by atoms with E-state index in [4.69, 9.17) is 4.74 Å². The van der Waals surface area contributed by atoms with Gasteiger partial charge < -0.3 is 15.4 Å². The molecule has 2 aromatic carbocycles. The van der Waals surface area contributed by atoms with Gasteiger partial charge in [0.1, 0.15) is 11.4 Å². The first-order chi connectivity index (χ1) is 14.0. The predicted octanol–water partition coefficient (Wildman–Crippen LogP) is 4.29. The lowest BCUT2D eigenvalue weighted by Gasteiger charge is -2.18. The van der Waals surface area contributed by atoms with E-state index >= 15 is 0 Å². The lowest BCUT2D eigenvalue weighted by atomic mass is 9.95. The van der Waals surface area contributed by atoms with Crippen LogP contribution in [0.1, 0.15) is 38.7 Å². The van der Waals surface area contributed by atoms with Gasteiger partial charge in [-0.3, -0.25) is 4.79 Å². The first-order valence-corrected chi connectivity index (χ1v) is 9.74. The second-order valence-corrected chi connectivity index (χ2v) is 6.68. The summed E-state index contributed by atoms with van der Waals surface area (Å²) in [4.78, 5) is 30.4. The number of hydrogen-bond acceptors (Lipinski definition) is 5. The smallest absolute Gasteiger partial charge is 0.343 e. The molecule has 2 N–H and O–H groups in total. The maximum atomic E-state index is 13.1. The molecule has 0 saturated carbocycles. The third kappa shape index (κ3) is 4.54. The molecule has 0 saturated heterocycles. The summed E-state index contributed by atoms with van der Waals surface area (Å²) in [7, 11) is 0. The minimum absolute atomic E-state index is 0.192. The number of nitrogens with one attached hydrogen (secondary N) is 2. The summed E-state index contributed by atoms with van der Waals surface area (Å²) in [5.41, 5.74) is 3.10. The van der Waals surface area contributed by atoms with Crippen LogP contribution < -0.4 is 10.6 Å². The van der Waals surface area contributed by atoms with Crippen LogP contribution in [0.15, 0.2) is 70.9 Å². The molecule has 6 heteroatoms. The number of carbonyl (C=O) groups excluding carboxylic acids is 2. The molecule has 1 amide bonds.